The van der Waals surface area contributed by atoms with Gasteiger partial charge in [-0.25, -0.2) is 0 Å². The SMILES string of the molecule is Cl.N[C@@H]1C[C@H](C(=O)O)C[C@@H]1O. The van der Waals surface area contributed by atoms with Gasteiger partial charge < -0.3 is 15.9 Å². The Labute approximate surface area is 70.8 Å². The van der Waals surface area contributed by atoms with Crippen LogP contribution in [0.3, 0.4) is 0 Å². The third kappa shape index (κ3) is 2.32. The Morgan fingerprint density at radius 2 is 2.00 bits per heavy atom. The number of carboxylic acids is 1. The molecule has 0 unspecified atom stereocenters. The van der Waals surface area contributed by atoms with Gasteiger partial charge in [-0.1, -0.05) is 0 Å². The number of aliphatic hydroxyl groups excluding tert-OH is 1. The van der Waals surface area contributed by atoms with Crippen molar-refractivity contribution < 1.29 is 15.0 Å². The molecule has 0 heterocycles. The van der Waals surface area contributed by atoms with Crippen LogP contribution < -0.4 is 5.73 Å². The molecule has 0 radical (unpaired) electrons. The Morgan fingerprint density at radius 3 is 2.18 bits per heavy atom. The van der Waals surface area contributed by atoms with Gasteiger partial charge in [-0.05, 0) is 12.8 Å². The number of aliphatic hydroxyl groups is 1. The predicted octanol–water partition coefficient (Wildman–Crippen LogP) is -0.409. The molecule has 0 aromatic carbocycles. The van der Waals surface area contributed by atoms with Crippen LogP contribution in [0.2, 0.25) is 0 Å². The Bertz CT molecular complexity index is 143. The van der Waals surface area contributed by atoms with Crippen molar-refractivity contribution in [1.29, 1.82) is 0 Å². The van der Waals surface area contributed by atoms with E-state index in [1.807, 2.05) is 0 Å². The molecule has 1 fully saturated rings. The molecular weight excluding hydrogens is 170 g/mol. The first-order valence-corrected chi connectivity index (χ1v) is 3.27. The van der Waals surface area contributed by atoms with E-state index in [1.54, 1.807) is 0 Å². The molecule has 1 rings (SSSR count). The molecule has 0 amide bonds. The average molecular weight is 182 g/mol. The van der Waals surface area contributed by atoms with Crippen LogP contribution in [0.1, 0.15) is 12.8 Å². The average Bonchev–Trinajstić information content (AvgIpc) is 2.13. The number of carboxylic acid groups (broad SMARTS) is 1. The highest BCUT2D eigenvalue weighted by Gasteiger charge is 2.34. The number of hydrogen-bond donors (Lipinski definition) is 3. The van der Waals surface area contributed by atoms with E-state index in [0.29, 0.717) is 12.8 Å². The molecular formula is C6H12ClNO3. The molecule has 1 aliphatic rings. The fraction of sp³-hybridized carbons (Fsp3) is 0.833. The molecule has 1 saturated carbocycles. The molecule has 0 aromatic heterocycles. The van der Waals surface area contributed by atoms with Gasteiger partial charge in [0.2, 0.25) is 0 Å². The normalized spacial score (nSPS) is 36.4. The minimum Gasteiger partial charge on any atom is -0.481 e. The van der Waals surface area contributed by atoms with Gasteiger partial charge in [-0.3, -0.25) is 4.79 Å². The first-order chi connectivity index (χ1) is 4.61. The highest BCUT2D eigenvalue weighted by molar-refractivity contribution is 5.85. The van der Waals surface area contributed by atoms with Gasteiger partial charge in [0.15, 0.2) is 0 Å². The van der Waals surface area contributed by atoms with Crippen molar-refractivity contribution in [1.82, 2.24) is 0 Å². The lowest BCUT2D eigenvalue weighted by atomic mass is 10.1. The number of hydrogen-bond acceptors (Lipinski definition) is 3. The second kappa shape index (κ2) is 3.90. The van der Waals surface area contributed by atoms with Crippen LogP contribution in [0, 0.1) is 5.92 Å². The largest absolute Gasteiger partial charge is 0.481 e. The standard InChI is InChI=1S/C6H11NO3.ClH/c7-4-1-3(6(9)10)2-5(4)8;/h3-5,8H,1-2,7H2,(H,9,10);1H/t3-,4+,5-;/m0./s1. The van der Waals surface area contributed by atoms with E-state index in [0.717, 1.165) is 0 Å². The number of halogens is 1. The maximum Gasteiger partial charge on any atom is 0.306 e. The summed E-state index contributed by atoms with van der Waals surface area (Å²) >= 11 is 0. The van der Waals surface area contributed by atoms with Gasteiger partial charge in [0.1, 0.15) is 0 Å². The smallest absolute Gasteiger partial charge is 0.306 e. The van der Waals surface area contributed by atoms with Gasteiger partial charge in [-0.2, -0.15) is 0 Å². The summed E-state index contributed by atoms with van der Waals surface area (Å²) in [5.41, 5.74) is 5.39. The van der Waals surface area contributed by atoms with Crippen molar-refractivity contribution in [3.63, 3.8) is 0 Å². The van der Waals surface area contributed by atoms with Crippen LogP contribution >= 0.6 is 12.4 Å². The van der Waals surface area contributed by atoms with Crippen LogP contribution in [0.25, 0.3) is 0 Å². The first kappa shape index (κ1) is 10.7. The third-order valence-corrected chi connectivity index (χ3v) is 1.93. The highest BCUT2D eigenvalue weighted by atomic mass is 35.5. The minimum atomic E-state index is -0.855. The molecule has 0 bridgehead atoms. The van der Waals surface area contributed by atoms with E-state index in [9.17, 15) is 4.79 Å². The lowest BCUT2D eigenvalue weighted by Gasteiger charge is -2.04. The number of aliphatic carboxylic acids is 1. The summed E-state index contributed by atoms with van der Waals surface area (Å²) in [5.74, 6) is -1.29. The van der Waals surface area contributed by atoms with E-state index in [2.05, 4.69) is 0 Å². The zero-order chi connectivity index (χ0) is 7.72. The van der Waals surface area contributed by atoms with Gasteiger partial charge in [0, 0.05) is 6.04 Å². The Balaban J connectivity index is 0.000001000. The van der Waals surface area contributed by atoms with Crippen molar-refractivity contribution in [3.8, 4) is 0 Å². The monoisotopic (exact) mass is 181 g/mol. The van der Waals surface area contributed by atoms with Gasteiger partial charge in [0.05, 0.1) is 12.0 Å². The fourth-order valence-electron chi connectivity index (χ4n) is 1.25. The quantitative estimate of drug-likeness (QED) is 0.514. The maximum absolute atomic E-state index is 10.3. The van der Waals surface area contributed by atoms with E-state index in [1.165, 1.54) is 0 Å². The number of rotatable bonds is 1. The molecule has 5 heteroatoms. The second-order valence-corrected chi connectivity index (χ2v) is 2.74. The summed E-state index contributed by atoms with van der Waals surface area (Å²) in [4.78, 5) is 10.3. The summed E-state index contributed by atoms with van der Waals surface area (Å²) in [6, 6.07) is -0.346. The van der Waals surface area contributed by atoms with E-state index >= 15 is 0 Å². The highest BCUT2D eigenvalue weighted by Crippen LogP contribution is 2.24. The topological polar surface area (TPSA) is 83.6 Å². The molecule has 4 N–H and O–H groups in total. The lowest BCUT2D eigenvalue weighted by Crippen LogP contribution is -2.28. The molecule has 66 valence electrons. The zero-order valence-corrected chi connectivity index (χ0v) is 6.75. The molecule has 0 spiro atoms. The molecule has 0 aromatic rings. The van der Waals surface area contributed by atoms with Crippen molar-refractivity contribution in [2.75, 3.05) is 0 Å². The molecule has 3 atom stereocenters. The molecule has 0 aliphatic heterocycles. The van der Waals surface area contributed by atoms with Gasteiger partial charge in [-0.15, -0.1) is 12.4 Å². The van der Waals surface area contributed by atoms with Crippen LogP contribution in [-0.4, -0.2) is 28.3 Å². The predicted molar refractivity (Wildman–Crippen MR) is 41.6 cm³/mol. The van der Waals surface area contributed by atoms with Crippen molar-refractivity contribution in [2.24, 2.45) is 11.7 Å². The summed E-state index contributed by atoms with van der Waals surface area (Å²) in [6.07, 6.45) is 0.0774. The van der Waals surface area contributed by atoms with Gasteiger partial charge >= 0.3 is 5.97 Å². The first-order valence-electron chi connectivity index (χ1n) is 3.27. The van der Waals surface area contributed by atoms with Crippen LogP contribution in [-0.2, 0) is 4.79 Å². The molecule has 11 heavy (non-hydrogen) atoms. The summed E-state index contributed by atoms with van der Waals surface area (Å²) in [6.45, 7) is 0. The summed E-state index contributed by atoms with van der Waals surface area (Å²) in [7, 11) is 0. The number of nitrogens with two attached hydrogens (primary N) is 1. The van der Waals surface area contributed by atoms with Crippen LogP contribution in [0.4, 0.5) is 0 Å². The van der Waals surface area contributed by atoms with Gasteiger partial charge in [0.25, 0.3) is 0 Å². The zero-order valence-electron chi connectivity index (χ0n) is 5.93. The molecule has 1 aliphatic carbocycles. The molecule has 0 saturated heterocycles. The summed E-state index contributed by atoms with van der Waals surface area (Å²) < 4.78 is 0. The Kier molecular flexibility index (Phi) is 3.78. The summed E-state index contributed by atoms with van der Waals surface area (Å²) in [5, 5.41) is 17.5. The molecule has 4 nitrogen and oxygen atoms in total. The fourth-order valence-corrected chi connectivity index (χ4v) is 1.25. The number of carbonyl (C=O) groups is 1. The minimum absolute atomic E-state index is 0. The van der Waals surface area contributed by atoms with E-state index < -0.39 is 18.0 Å². The van der Waals surface area contributed by atoms with Crippen molar-refractivity contribution in [3.05, 3.63) is 0 Å². The van der Waals surface area contributed by atoms with E-state index in [4.69, 9.17) is 15.9 Å². The van der Waals surface area contributed by atoms with Crippen molar-refractivity contribution in [2.45, 2.75) is 25.0 Å². The Morgan fingerprint density at radius 1 is 1.45 bits per heavy atom. The van der Waals surface area contributed by atoms with Crippen LogP contribution in [0.15, 0.2) is 0 Å². The van der Waals surface area contributed by atoms with E-state index in [-0.39, 0.29) is 18.4 Å². The maximum atomic E-state index is 10.3. The Hall–Kier alpha value is -0.320. The lowest BCUT2D eigenvalue weighted by molar-refractivity contribution is -0.141. The van der Waals surface area contributed by atoms with Crippen molar-refractivity contribution >= 4 is 18.4 Å². The second-order valence-electron chi connectivity index (χ2n) is 2.74. The van der Waals surface area contributed by atoms with Crippen LogP contribution in [0.5, 0.6) is 0 Å². The third-order valence-electron chi connectivity index (χ3n) is 1.93.